The molecule has 0 aliphatic carbocycles. The summed E-state index contributed by atoms with van der Waals surface area (Å²) in [5.74, 6) is 0.505. The van der Waals surface area contributed by atoms with E-state index in [0.717, 1.165) is 0 Å². The Bertz CT molecular complexity index is 545. The van der Waals surface area contributed by atoms with Crippen LogP contribution >= 0.6 is 11.6 Å². The molecule has 0 bridgehead atoms. The number of alkyl halides is 1. The van der Waals surface area contributed by atoms with Crippen LogP contribution in [0.15, 0.2) is 18.2 Å². The minimum absolute atomic E-state index is 0.0940. The summed E-state index contributed by atoms with van der Waals surface area (Å²) in [4.78, 5) is 13.0. The van der Waals surface area contributed by atoms with E-state index in [1.165, 1.54) is 14.0 Å². The fourth-order valence-corrected chi connectivity index (χ4v) is 2.11. The highest BCUT2D eigenvalue weighted by Crippen LogP contribution is 2.31. The van der Waals surface area contributed by atoms with Crippen LogP contribution in [-0.4, -0.2) is 43.2 Å². The minimum atomic E-state index is -0.727. The van der Waals surface area contributed by atoms with E-state index in [0.29, 0.717) is 30.1 Å². The first-order valence-corrected chi connectivity index (χ1v) is 7.36. The Hall–Kier alpha value is -1.97. The predicted molar refractivity (Wildman–Crippen MR) is 86.5 cm³/mol. The molecule has 1 aromatic rings. The van der Waals surface area contributed by atoms with Gasteiger partial charge in [-0.2, -0.15) is 5.26 Å². The second kappa shape index (κ2) is 9.13. The lowest BCUT2D eigenvalue weighted by Crippen LogP contribution is -2.34. The first kappa shape index (κ1) is 18.1. The molecule has 120 valence electrons. The van der Waals surface area contributed by atoms with Crippen LogP contribution in [-0.2, 0) is 4.79 Å². The van der Waals surface area contributed by atoms with E-state index in [1.54, 1.807) is 18.2 Å². The molecule has 7 heteroatoms. The fraction of sp³-hybridized carbons (Fsp3) is 0.467. The van der Waals surface area contributed by atoms with Gasteiger partial charge in [-0.25, -0.2) is 0 Å². The van der Waals surface area contributed by atoms with Gasteiger partial charge in [-0.15, -0.1) is 11.6 Å². The van der Waals surface area contributed by atoms with Gasteiger partial charge in [-0.3, -0.25) is 4.79 Å². The van der Waals surface area contributed by atoms with E-state index in [-0.39, 0.29) is 18.3 Å². The molecule has 0 saturated carbocycles. The van der Waals surface area contributed by atoms with E-state index in [4.69, 9.17) is 21.6 Å². The van der Waals surface area contributed by atoms with Crippen molar-refractivity contribution in [3.8, 4) is 11.8 Å². The first-order chi connectivity index (χ1) is 10.5. The summed E-state index contributed by atoms with van der Waals surface area (Å²) < 4.78 is 5.33. The molecule has 1 aromatic carbocycles. The molecule has 1 rings (SSSR count). The van der Waals surface area contributed by atoms with E-state index < -0.39 is 6.10 Å². The van der Waals surface area contributed by atoms with Gasteiger partial charge < -0.3 is 20.1 Å². The minimum Gasteiger partial charge on any atom is -0.495 e. The van der Waals surface area contributed by atoms with E-state index in [9.17, 15) is 9.90 Å². The van der Waals surface area contributed by atoms with Crippen molar-refractivity contribution in [1.82, 2.24) is 0 Å². The normalized spacial score (nSPS) is 11.4. The molecule has 1 amide bonds. The maximum atomic E-state index is 11.2. The summed E-state index contributed by atoms with van der Waals surface area (Å²) >= 11 is 5.66. The second-order valence-electron chi connectivity index (χ2n) is 4.73. The molecule has 1 unspecified atom stereocenters. The van der Waals surface area contributed by atoms with Crippen LogP contribution in [0, 0.1) is 11.3 Å². The molecule has 6 nitrogen and oxygen atoms in total. The van der Waals surface area contributed by atoms with Gasteiger partial charge in [0.1, 0.15) is 5.75 Å². The van der Waals surface area contributed by atoms with Crippen LogP contribution in [0.3, 0.4) is 0 Å². The molecular weight excluding hydrogens is 306 g/mol. The van der Waals surface area contributed by atoms with Crippen molar-refractivity contribution < 1.29 is 14.6 Å². The van der Waals surface area contributed by atoms with Crippen molar-refractivity contribution in [2.45, 2.75) is 19.4 Å². The predicted octanol–water partition coefficient (Wildman–Crippen LogP) is 1.97. The number of carbonyl (C=O) groups excluding carboxylic acids is 1. The highest BCUT2D eigenvalue weighted by molar-refractivity contribution is 6.18. The average molecular weight is 326 g/mol. The van der Waals surface area contributed by atoms with Crippen molar-refractivity contribution in [1.29, 1.82) is 5.26 Å². The van der Waals surface area contributed by atoms with Gasteiger partial charge in [-0.05, 0) is 18.2 Å². The number of nitrogens with one attached hydrogen (secondary N) is 1. The molecule has 0 aliphatic rings. The average Bonchev–Trinajstić information content (AvgIpc) is 2.50. The van der Waals surface area contributed by atoms with Gasteiger partial charge >= 0.3 is 0 Å². The van der Waals surface area contributed by atoms with Crippen molar-refractivity contribution in [2.75, 3.05) is 36.3 Å². The third-order valence-electron chi connectivity index (χ3n) is 2.94. The number of rotatable bonds is 8. The number of anilines is 2. The maximum Gasteiger partial charge on any atom is 0.221 e. The quantitative estimate of drug-likeness (QED) is 0.714. The van der Waals surface area contributed by atoms with Gasteiger partial charge in [0.2, 0.25) is 5.91 Å². The fourth-order valence-electron chi connectivity index (χ4n) is 2.02. The van der Waals surface area contributed by atoms with Crippen molar-refractivity contribution in [3.63, 3.8) is 0 Å². The number of hydrogen-bond donors (Lipinski definition) is 2. The Kier molecular flexibility index (Phi) is 7.50. The lowest BCUT2D eigenvalue weighted by molar-refractivity contribution is -0.114. The number of carbonyl (C=O) groups is 1. The molecule has 0 radical (unpaired) electrons. The number of methoxy groups -OCH3 is 1. The number of nitrogens with zero attached hydrogens (tertiary/aromatic N) is 2. The van der Waals surface area contributed by atoms with Crippen molar-refractivity contribution in [3.05, 3.63) is 18.2 Å². The second-order valence-corrected chi connectivity index (χ2v) is 5.04. The SMILES string of the molecule is COc1ccc(NC(C)=O)cc1N(CCC#N)CC(O)CCl. The monoisotopic (exact) mass is 325 g/mol. The highest BCUT2D eigenvalue weighted by Gasteiger charge is 2.16. The van der Waals surface area contributed by atoms with E-state index >= 15 is 0 Å². The smallest absolute Gasteiger partial charge is 0.221 e. The van der Waals surface area contributed by atoms with Crippen molar-refractivity contribution in [2.24, 2.45) is 0 Å². The number of benzene rings is 1. The Morgan fingerprint density at radius 3 is 2.86 bits per heavy atom. The number of aliphatic hydroxyl groups is 1. The van der Waals surface area contributed by atoms with Crippen LogP contribution < -0.4 is 15.0 Å². The molecule has 0 fully saturated rings. The Labute approximate surface area is 135 Å². The Balaban J connectivity index is 3.12. The number of halogens is 1. The summed E-state index contributed by atoms with van der Waals surface area (Å²) in [7, 11) is 1.54. The van der Waals surface area contributed by atoms with Crippen LogP contribution in [0.25, 0.3) is 0 Å². The summed E-state index contributed by atoms with van der Waals surface area (Å²) in [5.41, 5.74) is 1.30. The van der Waals surface area contributed by atoms with Crippen LogP contribution in [0.4, 0.5) is 11.4 Å². The molecule has 2 N–H and O–H groups in total. The summed E-state index contributed by atoms with van der Waals surface area (Å²) in [6.45, 7) is 2.12. The lowest BCUT2D eigenvalue weighted by Gasteiger charge is -2.28. The maximum absolute atomic E-state index is 11.2. The molecule has 0 heterocycles. The van der Waals surface area contributed by atoms with Gasteiger partial charge in [0.25, 0.3) is 0 Å². The zero-order chi connectivity index (χ0) is 16.5. The summed E-state index contributed by atoms with van der Waals surface area (Å²) in [6, 6.07) is 7.28. The standard InChI is InChI=1S/C15H20ClN3O3/c1-11(20)18-12-4-5-15(22-2)14(8-12)19(7-3-6-17)10-13(21)9-16/h4-5,8,13,21H,3,7,9-10H2,1-2H3,(H,18,20). The lowest BCUT2D eigenvalue weighted by atomic mass is 10.2. The largest absolute Gasteiger partial charge is 0.495 e. The Morgan fingerprint density at radius 1 is 1.59 bits per heavy atom. The number of amides is 1. The molecule has 0 saturated heterocycles. The number of hydrogen-bond acceptors (Lipinski definition) is 5. The zero-order valence-electron chi connectivity index (χ0n) is 12.7. The van der Waals surface area contributed by atoms with Gasteiger partial charge in [-0.1, -0.05) is 0 Å². The van der Waals surface area contributed by atoms with Gasteiger partial charge in [0.15, 0.2) is 0 Å². The summed E-state index contributed by atoms with van der Waals surface area (Å²) in [6.07, 6.45) is -0.433. The Morgan fingerprint density at radius 2 is 2.32 bits per heavy atom. The topological polar surface area (TPSA) is 85.6 Å². The number of ether oxygens (including phenoxy) is 1. The highest BCUT2D eigenvalue weighted by atomic mass is 35.5. The molecular formula is C15H20ClN3O3. The molecule has 22 heavy (non-hydrogen) atoms. The zero-order valence-corrected chi connectivity index (χ0v) is 13.4. The van der Waals surface area contributed by atoms with Crippen molar-refractivity contribution >= 4 is 28.9 Å². The van der Waals surface area contributed by atoms with E-state index in [2.05, 4.69) is 11.4 Å². The van der Waals surface area contributed by atoms with Crippen LogP contribution in [0.1, 0.15) is 13.3 Å². The first-order valence-electron chi connectivity index (χ1n) is 6.83. The van der Waals surface area contributed by atoms with Crippen LogP contribution in [0.5, 0.6) is 5.75 Å². The van der Waals surface area contributed by atoms with Crippen LogP contribution in [0.2, 0.25) is 0 Å². The third-order valence-corrected chi connectivity index (χ3v) is 3.30. The van der Waals surface area contributed by atoms with E-state index in [1.807, 2.05) is 4.90 Å². The molecule has 0 aromatic heterocycles. The molecule has 0 spiro atoms. The molecule has 1 atom stereocenters. The number of nitriles is 1. The summed E-state index contributed by atoms with van der Waals surface area (Å²) in [5, 5.41) is 21.3. The van der Waals surface area contributed by atoms with Gasteiger partial charge in [0, 0.05) is 25.7 Å². The third kappa shape index (κ3) is 5.43. The van der Waals surface area contributed by atoms with Gasteiger partial charge in [0.05, 0.1) is 37.3 Å². The molecule has 0 aliphatic heterocycles. The number of aliphatic hydroxyl groups excluding tert-OH is 1.